The zero-order chi connectivity index (χ0) is 12.7. The summed E-state index contributed by atoms with van der Waals surface area (Å²) in [4.78, 5) is 15.7. The van der Waals surface area contributed by atoms with E-state index in [1.165, 1.54) is 0 Å². The van der Waals surface area contributed by atoms with Crippen molar-refractivity contribution in [1.29, 1.82) is 0 Å². The van der Waals surface area contributed by atoms with Gasteiger partial charge in [0, 0.05) is 31.4 Å². The van der Waals surface area contributed by atoms with E-state index in [1.54, 1.807) is 6.20 Å². The largest absolute Gasteiger partial charge is 0.355 e. The first-order chi connectivity index (χ1) is 8.13. The molecule has 2 atom stereocenters. The lowest BCUT2D eigenvalue weighted by Gasteiger charge is -2.14. The number of nitrogens with one attached hydrogen (secondary N) is 2. The Morgan fingerprint density at radius 2 is 2.05 bits per heavy atom. The zero-order valence-corrected chi connectivity index (χ0v) is 13.2. The Bertz CT molecular complexity index is 349. The smallest absolute Gasteiger partial charge is 0.220 e. The van der Waals surface area contributed by atoms with Crippen LogP contribution in [0.2, 0.25) is 0 Å². The molecule has 2 N–H and O–H groups in total. The van der Waals surface area contributed by atoms with E-state index >= 15 is 0 Å². The minimum absolute atomic E-state index is 0. The zero-order valence-electron chi connectivity index (χ0n) is 11.6. The van der Waals surface area contributed by atoms with Crippen LogP contribution < -0.4 is 10.6 Å². The standard InChI is InChI=1S/C13H21N3O.2ClH/c1-10(12-5-4-6-15-9-12)7-13(17)16-8-11(2)14-3;;/h4-6,9-11,14H,7-8H2,1-3H3,(H,16,17);2*1H. The van der Waals surface area contributed by atoms with Gasteiger partial charge in [0.1, 0.15) is 0 Å². The molecule has 0 saturated heterocycles. The second kappa shape index (κ2) is 11.0. The molecule has 6 heteroatoms. The highest BCUT2D eigenvalue weighted by molar-refractivity contribution is 5.85. The molecule has 1 aromatic rings. The van der Waals surface area contributed by atoms with Gasteiger partial charge in [0.25, 0.3) is 0 Å². The average molecular weight is 308 g/mol. The van der Waals surface area contributed by atoms with Crippen LogP contribution in [0.1, 0.15) is 31.7 Å². The number of rotatable bonds is 6. The van der Waals surface area contributed by atoms with Crippen LogP contribution in [0.4, 0.5) is 0 Å². The van der Waals surface area contributed by atoms with Crippen molar-refractivity contribution in [3.63, 3.8) is 0 Å². The van der Waals surface area contributed by atoms with Gasteiger partial charge in [-0.2, -0.15) is 0 Å². The SMILES string of the molecule is CNC(C)CNC(=O)CC(C)c1cccnc1.Cl.Cl. The molecule has 0 fully saturated rings. The quantitative estimate of drug-likeness (QED) is 0.846. The topological polar surface area (TPSA) is 54.0 Å². The van der Waals surface area contributed by atoms with Crippen molar-refractivity contribution in [1.82, 2.24) is 15.6 Å². The lowest BCUT2D eigenvalue weighted by Crippen LogP contribution is -2.37. The first-order valence-electron chi connectivity index (χ1n) is 5.97. The van der Waals surface area contributed by atoms with Crippen molar-refractivity contribution in [2.45, 2.75) is 32.2 Å². The third kappa shape index (κ3) is 8.03. The number of hydrogen-bond acceptors (Lipinski definition) is 3. The van der Waals surface area contributed by atoms with Crippen LogP contribution >= 0.6 is 24.8 Å². The Kier molecular flexibility index (Phi) is 11.9. The second-order valence-electron chi connectivity index (χ2n) is 4.39. The molecule has 1 aromatic heterocycles. The fourth-order valence-electron chi connectivity index (χ4n) is 1.50. The summed E-state index contributed by atoms with van der Waals surface area (Å²) < 4.78 is 0. The van der Waals surface area contributed by atoms with Crippen LogP contribution in [-0.2, 0) is 4.79 Å². The molecule has 0 spiro atoms. The third-order valence-corrected chi connectivity index (χ3v) is 2.84. The molecule has 0 saturated carbocycles. The molecular weight excluding hydrogens is 285 g/mol. The van der Waals surface area contributed by atoms with Gasteiger partial charge in [-0.15, -0.1) is 24.8 Å². The minimum Gasteiger partial charge on any atom is -0.355 e. The minimum atomic E-state index is 0. The molecule has 1 heterocycles. The summed E-state index contributed by atoms with van der Waals surface area (Å²) in [7, 11) is 1.88. The Morgan fingerprint density at radius 3 is 2.58 bits per heavy atom. The highest BCUT2D eigenvalue weighted by Crippen LogP contribution is 2.16. The summed E-state index contributed by atoms with van der Waals surface area (Å²) >= 11 is 0. The normalized spacial score (nSPS) is 12.6. The highest BCUT2D eigenvalue weighted by atomic mass is 35.5. The maximum Gasteiger partial charge on any atom is 0.220 e. The van der Waals surface area contributed by atoms with E-state index in [0.29, 0.717) is 19.0 Å². The summed E-state index contributed by atoms with van der Waals surface area (Å²) in [5.74, 6) is 0.289. The van der Waals surface area contributed by atoms with Gasteiger partial charge in [-0.25, -0.2) is 0 Å². The van der Waals surface area contributed by atoms with Gasteiger partial charge in [0.15, 0.2) is 0 Å². The first kappa shape index (κ1) is 20.5. The van der Waals surface area contributed by atoms with E-state index in [0.717, 1.165) is 5.56 Å². The maximum absolute atomic E-state index is 11.7. The summed E-state index contributed by atoms with van der Waals surface area (Å²) in [6.45, 7) is 4.73. The molecule has 0 aliphatic heterocycles. The van der Waals surface area contributed by atoms with Crippen molar-refractivity contribution < 1.29 is 4.79 Å². The predicted octanol–water partition coefficient (Wildman–Crippen LogP) is 2.14. The van der Waals surface area contributed by atoms with Gasteiger partial charge in [-0.1, -0.05) is 13.0 Å². The maximum atomic E-state index is 11.7. The van der Waals surface area contributed by atoms with E-state index < -0.39 is 0 Å². The number of carbonyl (C=O) groups is 1. The van der Waals surface area contributed by atoms with Crippen LogP contribution in [-0.4, -0.2) is 30.5 Å². The Morgan fingerprint density at radius 1 is 1.37 bits per heavy atom. The number of halogens is 2. The molecule has 1 amide bonds. The third-order valence-electron chi connectivity index (χ3n) is 2.84. The molecule has 1 rings (SSSR count). The van der Waals surface area contributed by atoms with Crippen LogP contribution in [0.3, 0.4) is 0 Å². The van der Waals surface area contributed by atoms with E-state index in [-0.39, 0.29) is 36.6 Å². The summed E-state index contributed by atoms with van der Waals surface area (Å²) in [5.41, 5.74) is 1.10. The monoisotopic (exact) mass is 307 g/mol. The number of carbonyl (C=O) groups excluding carboxylic acids is 1. The summed E-state index contributed by atoms with van der Waals surface area (Å²) in [5, 5.41) is 5.99. The fourth-order valence-corrected chi connectivity index (χ4v) is 1.50. The molecule has 0 aromatic carbocycles. The van der Waals surface area contributed by atoms with Gasteiger partial charge >= 0.3 is 0 Å². The molecule has 19 heavy (non-hydrogen) atoms. The van der Waals surface area contributed by atoms with Gasteiger partial charge < -0.3 is 10.6 Å². The number of likely N-dealkylation sites (N-methyl/N-ethyl adjacent to an activating group) is 1. The van der Waals surface area contributed by atoms with Crippen LogP contribution in [0.25, 0.3) is 0 Å². The fraction of sp³-hybridized carbons (Fsp3) is 0.538. The Hall–Kier alpha value is -0.840. The van der Waals surface area contributed by atoms with Crippen LogP contribution in [0, 0.1) is 0 Å². The predicted molar refractivity (Wildman–Crippen MR) is 83.3 cm³/mol. The summed E-state index contributed by atoms with van der Waals surface area (Å²) in [6.07, 6.45) is 4.06. The van der Waals surface area contributed by atoms with E-state index in [4.69, 9.17) is 0 Å². The molecule has 0 bridgehead atoms. The Balaban J connectivity index is 0. The van der Waals surface area contributed by atoms with Crippen molar-refractivity contribution in [3.05, 3.63) is 30.1 Å². The van der Waals surface area contributed by atoms with E-state index in [2.05, 4.69) is 15.6 Å². The number of hydrogen-bond donors (Lipinski definition) is 2. The lowest BCUT2D eigenvalue weighted by molar-refractivity contribution is -0.121. The average Bonchev–Trinajstić information content (AvgIpc) is 2.36. The number of amides is 1. The van der Waals surface area contributed by atoms with Gasteiger partial charge in [-0.3, -0.25) is 9.78 Å². The lowest BCUT2D eigenvalue weighted by atomic mass is 9.99. The van der Waals surface area contributed by atoms with Crippen molar-refractivity contribution in [2.75, 3.05) is 13.6 Å². The van der Waals surface area contributed by atoms with Gasteiger partial charge in [-0.05, 0) is 31.5 Å². The molecule has 4 nitrogen and oxygen atoms in total. The number of pyridine rings is 1. The highest BCUT2D eigenvalue weighted by Gasteiger charge is 2.11. The van der Waals surface area contributed by atoms with Gasteiger partial charge in [0.2, 0.25) is 5.91 Å². The molecule has 0 aliphatic carbocycles. The van der Waals surface area contributed by atoms with Gasteiger partial charge in [0.05, 0.1) is 0 Å². The van der Waals surface area contributed by atoms with Crippen molar-refractivity contribution in [3.8, 4) is 0 Å². The molecule has 0 radical (unpaired) electrons. The summed E-state index contributed by atoms with van der Waals surface area (Å²) in [6, 6.07) is 4.20. The molecule has 2 unspecified atom stereocenters. The van der Waals surface area contributed by atoms with Crippen molar-refractivity contribution >= 4 is 30.7 Å². The van der Waals surface area contributed by atoms with Crippen molar-refractivity contribution in [2.24, 2.45) is 0 Å². The van der Waals surface area contributed by atoms with E-state index in [9.17, 15) is 4.79 Å². The number of aromatic nitrogens is 1. The molecular formula is C13H23Cl2N3O. The van der Waals surface area contributed by atoms with E-state index in [1.807, 2.05) is 39.2 Å². The Labute approximate surface area is 127 Å². The molecule has 110 valence electrons. The second-order valence-corrected chi connectivity index (χ2v) is 4.39. The van der Waals surface area contributed by atoms with Crippen LogP contribution in [0.15, 0.2) is 24.5 Å². The molecule has 0 aliphatic rings. The number of nitrogens with zero attached hydrogens (tertiary/aromatic N) is 1. The van der Waals surface area contributed by atoms with Crippen LogP contribution in [0.5, 0.6) is 0 Å². The first-order valence-corrected chi connectivity index (χ1v) is 5.97.